The van der Waals surface area contributed by atoms with Gasteiger partial charge in [-0.1, -0.05) is 0 Å². The molecule has 1 atom stereocenters. The number of nitrogens with two attached hydrogens (primary N) is 1. The normalized spacial score (nSPS) is 16.2. The van der Waals surface area contributed by atoms with Gasteiger partial charge >= 0.3 is 0 Å². The summed E-state index contributed by atoms with van der Waals surface area (Å²) in [7, 11) is 0. The molecule has 0 radical (unpaired) electrons. The van der Waals surface area contributed by atoms with Gasteiger partial charge in [0.05, 0.1) is 16.3 Å². The summed E-state index contributed by atoms with van der Waals surface area (Å²) in [5.74, 6) is 0.889. The topological polar surface area (TPSA) is 89.9 Å². The molecule has 2 aromatic heterocycles. The quantitative estimate of drug-likeness (QED) is 0.513. The highest BCUT2D eigenvalue weighted by Gasteiger charge is 2.32. The van der Waals surface area contributed by atoms with Gasteiger partial charge in [0.25, 0.3) is 5.91 Å². The highest BCUT2D eigenvalue weighted by molar-refractivity contribution is 7.21. The highest BCUT2D eigenvalue weighted by atomic mass is 32.1. The molecule has 29 heavy (non-hydrogen) atoms. The van der Waals surface area contributed by atoms with Crippen molar-refractivity contribution in [3.8, 4) is 10.8 Å². The van der Waals surface area contributed by atoms with Crippen molar-refractivity contribution in [1.29, 1.82) is 0 Å². The first-order chi connectivity index (χ1) is 14.0. The van der Waals surface area contributed by atoms with Gasteiger partial charge in [0.2, 0.25) is 0 Å². The molecular formula is C20H17FN6OS. The van der Waals surface area contributed by atoms with Crippen LogP contribution >= 0.6 is 11.3 Å². The molecule has 0 fully saturated rings. The molecule has 1 aliphatic rings. The molecule has 146 valence electrons. The summed E-state index contributed by atoms with van der Waals surface area (Å²) in [5, 5.41) is 9.47. The van der Waals surface area contributed by atoms with Gasteiger partial charge in [-0.15, -0.1) is 21.5 Å². The molecule has 0 aliphatic carbocycles. The van der Waals surface area contributed by atoms with Gasteiger partial charge in [-0.05, 0) is 49.4 Å². The Balaban J connectivity index is 1.47. The molecule has 9 heteroatoms. The predicted molar refractivity (Wildman–Crippen MR) is 109 cm³/mol. The minimum Gasteiger partial charge on any atom is -0.399 e. The van der Waals surface area contributed by atoms with Crippen molar-refractivity contribution >= 4 is 33.1 Å². The minimum absolute atomic E-state index is 0.149. The van der Waals surface area contributed by atoms with Gasteiger partial charge in [0.15, 0.2) is 16.7 Å². The zero-order valence-corrected chi connectivity index (χ0v) is 16.4. The van der Waals surface area contributed by atoms with Crippen LogP contribution in [0.4, 0.5) is 10.1 Å². The number of aromatic nitrogens is 4. The fourth-order valence-electron chi connectivity index (χ4n) is 3.62. The number of rotatable bonds is 2. The molecule has 0 unspecified atom stereocenters. The molecular weight excluding hydrogens is 391 g/mol. The molecule has 2 aromatic carbocycles. The second-order valence-corrected chi connectivity index (χ2v) is 7.99. The second-order valence-electron chi connectivity index (χ2n) is 6.96. The SMILES string of the molecule is C[C@@H]1c2nnc(-c3nc4ccc(N)cc4s3)n2CCN1C(=O)c1ccc(F)cc1. The fourth-order valence-corrected chi connectivity index (χ4v) is 4.62. The molecule has 3 heterocycles. The van der Waals surface area contributed by atoms with E-state index >= 15 is 0 Å². The van der Waals surface area contributed by atoms with Gasteiger partial charge in [-0.25, -0.2) is 9.37 Å². The maximum atomic E-state index is 13.2. The van der Waals surface area contributed by atoms with Crippen molar-refractivity contribution in [3.05, 3.63) is 59.7 Å². The highest BCUT2D eigenvalue weighted by Crippen LogP contribution is 2.34. The lowest BCUT2D eigenvalue weighted by molar-refractivity contribution is 0.0638. The lowest BCUT2D eigenvalue weighted by Crippen LogP contribution is -2.41. The van der Waals surface area contributed by atoms with Crippen molar-refractivity contribution in [3.63, 3.8) is 0 Å². The first-order valence-corrected chi connectivity index (χ1v) is 9.99. The Kier molecular flexibility index (Phi) is 4.06. The van der Waals surface area contributed by atoms with Gasteiger partial charge in [-0.3, -0.25) is 4.79 Å². The smallest absolute Gasteiger partial charge is 0.254 e. The minimum atomic E-state index is -0.366. The number of carbonyl (C=O) groups is 1. The molecule has 4 aromatic rings. The van der Waals surface area contributed by atoms with Crippen molar-refractivity contribution in [2.24, 2.45) is 0 Å². The summed E-state index contributed by atoms with van der Waals surface area (Å²) in [5.41, 5.74) is 7.89. The van der Waals surface area contributed by atoms with Gasteiger partial charge < -0.3 is 15.2 Å². The lowest BCUT2D eigenvalue weighted by Gasteiger charge is -2.33. The Bertz CT molecular complexity index is 1230. The van der Waals surface area contributed by atoms with E-state index in [1.165, 1.54) is 35.6 Å². The van der Waals surface area contributed by atoms with Crippen LogP contribution in [0.5, 0.6) is 0 Å². The Morgan fingerprint density at radius 3 is 2.76 bits per heavy atom. The van der Waals surface area contributed by atoms with Gasteiger partial charge in [0, 0.05) is 24.3 Å². The number of carbonyl (C=O) groups excluding carboxylic acids is 1. The van der Waals surface area contributed by atoms with Crippen LogP contribution in [0.2, 0.25) is 0 Å². The van der Waals surface area contributed by atoms with Crippen LogP contribution < -0.4 is 5.73 Å². The van der Waals surface area contributed by atoms with E-state index in [4.69, 9.17) is 5.73 Å². The average Bonchev–Trinajstić information content (AvgIpc) is 3.32. The maximum Gasteiger partial charge on any atom is 0.254 e. The Morgan fingerprint density at radius 1 is 1.17 bits per heavy atom. The zero-order chi connectivity index (χ0) is 20.1. The van der Waals surface area contributed by atoms with Crippen LogP contribution in [0.15, 0.2) is 42.5 Å². The second kappa shape index (κ2) is 6.63. The molecule has 1 aliphatic heterocycles. The first kappa shape index (κ1) is 17.7. The van der Waals surface area contributed by atoms with E-state index in [0.29, 0.717) is 36.0 Å². The summed E-state index contributed by atoms with van der Waals surface area (Å²) < 4.78 is 16.2. The summed E-state index contributed by atoms with van der Waals surface area (Å²) in [4.78, 5) is 19.3. The van der Waals surface area contributed by atoms with Crippen LogP contribution in [0.25, 0.3) is 21.0 Å². The largest absolute Gasteiger partial charge is 0.399 e. The number of hydrogen-bond donors (Lipinski definition) is 1. The third kappa shape index (κ3) is 2.94. The zero-order valence-electron chi connectivity index (χ0n) is 15.5. The van der Waals surface area contributed by atoms with Crippen LogP contribution in [0, 0.1) is 5.82 Å². The number of hydrogen-bond acceptors (Lipinski definition) is 6. The summed E-state index contributed by atoms with van der Waals surface area (Å²) >= 11 is 1.52. The maximum absolute atomic E-state index is 13.2. The number of thiazole rings is 1. The third-order valence-electron chi connectivity index (χ3n) is 5.14. The molecule has 0 saturated carbocycles. The van der Waals surface area contributed by atoms with Crippen LogP contribution in [-0.4, -0.2) is 37.1 Å². The molecule has 7 nitrogen and oxygen atoms in total. The van der Waals surface area contributed by atoms with Crippen LogP contribution in [0.3, 0.4) is 0 Å². The predicted octanol–water partition coefficient (Wildman–Crippen LogP) is 3.49. The number of halogens is 1. The van der Waals surface area contributed by atoms with E-state index in [-0.39, 0.29) is 17.8 Å². The number of nitrogen functional groups attached to an aromatic ring is 1. The van der Waals surface area contributed by atoms with Crippen molar-refractivity contribution < 1.29 is 9.18 Å². The van der Waals surface area contributed by atoms with Crippen molar-refractivity contribution in [2.45, 2.75) is 19.5 Å². The summed E-state index contributed by atoms with van der Waals surface area (Å²) in [6.45, 7) is 2.99. The summed E-state index contributed by atoms with van der Waals surface area (Å²) in [6, 6.07) is 11.0. The third-order valence-corrected chi connectivity index (χ3v) is 6.16. The average molecular weight is 408 g/mol. The van der Waals surface area contributed by atoms with Crippen molar-refractivity contribution in [2.75, 3.05) is 12.3 Å². The van der Waals surface area contributed by atoms with E-state index in [9.17, 15) is 9.18 Å². The van der Waals surface area contributed by atoms with Gasteiger partial charge in [0.1, 0.15) is 5.82 Å². The monoisotopic (exact) mass is 408 g/mol. The molecule has 1 amide bonds. The number of fused-ring (bicyclic) bond motifs is 2. The number of amides is 1. The number of anilines is 1. The lowest BCUT2D eigenvalue weighted by atomic mass is 10.1. The molecule has 0 bridgehead atoms. The number of benzene rings is 2. The first-order valence-electron chi connectivity index (χ1n) is 9.17. The standard InChI is InChI=1S/C20H17FN6OS/c1-11-17-24-25-18(19-23-15-7-6-14(22)10-16(15)29-19)27(17)9-8-26(11)20(28)12-2-4-13(21)5-3-12/h2-7,10-11H,8-9,22H2,1H3/t11-/m1/s1. The van der Waals surface area contributed by atoms with Gasteiger partial charge in [-0.2, -0.15) is 0 Å². The van der Waals surface area contributed by atoms with Crippen LogP contribution in [0.1, 0.15) is 29.1 Å². The van der Waals surface area contributed by atoms with Crippen LogP contribution in [-0.2, 0) is 6.54 Å². The summed E-state index contributed by atoms with van der Waals surface area (Å²) in [6.07, 6.45) is 0. The number of nitrogens with zero attached hydrogens (tertiary/aromatic N) is 5. The molecule has 5 rings (SSSR count). The Morgan fingerprint density at radius 2 is 1.97 bits per heavy atom. The molecule has 2 N–H and O–H groups in total. The Labute approximate surface area is 169 Å². The molecule has 0 spiro atoms. The van der Waals surface area contributed by atoms with E-state index in [1.807, 2.05) is 29.7 Å². The fraction of sp³-hybridized carbons (Fsp3) is 0.200. The van der Waals surface area contributed by atoms with Crippen molar-refractivity contribution in [1.82, 2.24) is 24.6 Å². The Hall–Kier alpha value is -3.33. The molecule has 0 saturated heterocycles. The van der Waals surface area contributed by atoms with E-state index in [1.54, 1.807) is 4.90 Å². The van der Waals surface area contributed by atoms with E-state index in [0.717, 1.165) is 15.2 Å². The van der Waals surface area contributed by atoms with E-state index in [2.05, 4.69) is 15.2 Å². The van der Waals surface area contributed by atoms with E-state index < -0.39 is 0 Å².